The van der Waals surface area contributed by atoms with Crippen molar-refractivity contribution in [1.82, 2.24) is 19.3 Å². The number of halogens is 1. The maximum atomic E-state index is 14.4. The van der Waals surface area contributed by atoms with Crippen LogP contribution < -0.4 is 15.0 Å². The van der Waals surface area contributed by atoms with Crippen molar-refractivity contribution in [3.05, 3.63) is 60.4 Å². The molecule has 0 atom stereocenters. The van der Waals surface area contributed by atoms with Crippen LogP contribution in [0.3, 0.4) is 0 Å². The molecule has 0 fully saturated rings. The van der Waals surface area contributed by atoms with Crippen LogP contribution in [0, 0.1) is 16.6 Å². The van der Waals surface area contributed by atoms with Crippen molar-refractivity contribution < 1.29 is 13.9 Å². The number of rotatable bonds is 2. The first-order valence-corrected chi connectivity index (χ1v) is 10.2. The molecule has 0 amide bonds. The Morgan fingerprint density at radius 2 is 1.97 bits per heavy atom. The van der Waals surface area contributed by atoms with E-state index < -0.39 is 5.82 Å². The number of hydrogen-bond donors (Lipinski definition) is 2. The number of hydrogen-bond acceptors (Lipinski definition) is 7. The first kappa shape index (κ1) is 19.3. The summed E-state index contributed by atoms with van der Waals surface area (Å²) in [5.41, 5.74) is 1.60. The molecule has 0 saturated heterocycles. The summed E-state index contributed by atoms with van der Waals surface area (Å²) in [6, 6.07) is 6.80. The third-order valence-electron chi connectivity index (χ3n) is 4.83. The largest absolute Gasteiger partial charge is 0.485 e. The standard InChI is InChI=1S/C21H17FN6O2S/c1-27-10-13(8-26-27)12-6-16(22)20(23)28(11-12)21(24)31-14-2-3-17-15(7-14)19-18(9-25-17)29-4-5-30-19/h2-3,6-11,23-24H,4-5H2,1H3. The molecule has 0 spiro atoms. The zero-order valence-electron chi connectivity index (χ0n) is 16.4. The molecule has 1 aliphatic heterocycles. The van der Waals surface area contributed by atoms with E-state index in [-0.39, 0.29) is 10.7 Å². The zero-order chi connectivity index (χ0) is 21.5. The lowest BCUT2D eigenvalue weighted by molar-refractivity contribution is 0.173. The first-order valence-electron chi connectivity index (χ1n) is 9.40. The lowest BCUT2D eigenvalue weighted by atomic mass is 10.1. The quantitative estimate of drug-likeness (QED) is 0.285. The summed E-state index contributed by atoms with van der Waals surface area (Å²) in [6.07, 6.45) is 6.57. The van der Waals surface area contributed by atoms with E-state index in [1.165, 1.54) is 10.6 Å². The number of pyridine rings is 2. The van der Waals surface area contributed by atoms with E-state index in [9.17, 15) is 4.39 Å². The predicted octanol–water partition coefficient (Wildman–Crippen LogP) is 3.40. The Hall–Kier alpha value is -3.66. The summed E-state index contributed by atoms with van der Waals surface area (Å²) < 4.78 is 28.6. The zero-order valence-corrected chi connectivity index (χ0v) is 17.2. The highest BCUT2D eigenvalue weighted by atomic mass is 32.2. The second kappa shape index (κ2) is 7.55. The van der Waals surface area contributed by atoms with Crippen LogP contribution in [-0.4, -0.2) is 37.7 Å². The molecule has 31 heavy (non-hydrogen) atoms. The van der Waals surface area contributed by atoms with Gasteiger partial charge in [0.05, 0.1) is 17.9 Å². The van der Waals surface area contributed by atoms with Crippen LogP contribution in [-0.2, 0) is 7.05 Å². The Morgan fingerprint density at radius 1 is 1.13 bits per heavy atom. The lowest BCUT2D eigenvalue weighted by Gasteiger charge is -2.19. The molecule has 0 saturated carbocycles. The monoisotopic (exact) mass is 436 g/mol. The van der Waals surface area contributed by atoms with Gasteiger partial charge in [0.2, 0.25) is 0 Å². The Labute approximate surface area is 180 Å². The Kier molecular flexibility index (Phi) is 4.70. The summed E-state index contributed by atoms with van der Waals surface area (Å²) in [5, 5.41) is 21.5. The average Bonchev–Trinajstić information content (AvgIpc) is 3.21. The molecule has 3 aromatic heterocycles. The van der Waals surface area contributed by atoms with Gasteiger partial charge < -0.3 is 9.47 Å². The maximum Gasteiger partial charge on any atom is 0.180 e. The lowest BCUT2D eigenvalue weighted by Crippen LogP contribution is -2.27. The molecular formula is C21H17FN6O2S. The van der Waals surface area contributed by atoms with Gasteiger partial charge in [0.1, 0.15) is 13.2 Å². The second-order valence-corrected chi connectivity index (χ2v) is 7.99. The summed E-state index contributed by atoms with van der Waals surface area (Å²) in [7, 11) is 1.77. The van der Waals surface area contributed by atoms with Crippen LogP contribution in [0.5, 0.6) is 11.5 Å². The molecular weight excluding hydrogens is 419 g/mol. The molecule has 1 aliphatic rings. The fourth-order valence-electron chi connectivity index (χ4n) is 3.35. The van der Waals surface area contributed by atoms with Gasteiger partial charge in [-0.1, -0.05) is 11.8 Å². The van der Waals surface area contributed by atoms with Crippen molar-refractivity contribution >= 4 is 27.8 Å². The Balaban J connectivity index is 1.51. The van der Waals surface area contributed by atoms with Gasteiger partial charge in [-0.05, 0) is 24.3 Å². The SMILES string of the molecule is Cn1cc(-c2cc(F)c(=N)n(C(=N)Sc3ccc4ncc5c(c4c3)OCCO5)c2)cn1. The predicted molar refractivity (Wildman–Crippen MR) is 114 cm³/mol. The van der Waals surface area contributed by atoms with Crippen LogP contribution >= 0.6 is 11.8 Å². The van der Waals surface area contributed by atoms with Gasteiger partial charge in [0.15, 0.2) is 28.0 Å². The highest BCUT2D eigenvalue weighted by Crippen LogP contribution is 2.38. The Bertz CT molecular complexity index is 1400. The minimum atomic E-state index is -0.714. The third kappa shape index (κ3) is 3.55. The minimum Gasteiger partial charge on any atom is -0.485 e. The number of nitrogens with zero attached hydrogens (tertiary/aromatic N) is 4. The number of ether oxygens (including phenoxy) is 2. The summed E-state index contributed by atoms with van der Waals surface area (Å²) >= 11 is 1.11. The van der Waals surface area contributed by atoms with Gasteiger partial charge in [0.25, 0.3) is 0 Å². The molecule has 1 aromatic carbocycles. The summed E-state index contributed by atoms with van der Waals surface area (Å²) in [6.45, 7) is 0.929. The van der Waals surface area contributed by atoms with Gasteiger partial charge in [-0.25, -0.2) is 4.39 Å². The molecule has 4 heterocycles. The van der Waals surface area contributed by atoms with E-state index >= 15 is 0 Å². The van der Waals surface area contributed by atoms with Gasteiger partial charge in [0, 0.05) is 40.8 Å². The van der Waals surface area contributed by atoms with Crippen molar-refractivity contribution in [2.75, 3.05) is 13.2 Å². The van der Waals surface area contributed by atoms with E-state index in [2.05, 4.69) is 10.1 Å². The smallest absolute Gasteiger partial charge is 0.180 e. The molecule has 156 valence electrons. The molecule has 0 aliphatic carbocycles. The first-order chi connectivity index (χ1) is 15.0. The van der Waals surface area contributed by atoms with Crippen LogP contribution in [0.15, 0.2) is 53.9 Å². The molecule has 0 bridgehead atoms. The van der Waals surface area contributed by atoms with E-state index in [0.29, 0.717) is 35.8 Å². The van der Waals surface area contributed by atoms with E-state index in [0.717, 1.165) is 27.6 Å². The second-order valence-electron chi connectivity index (χ2n) is 6.93. The summed E-state index contributed by atoms with van der Waals surface area (Å²) in [4.78, 5) is 5.12. The van der Waals surface area contributed by atoms with Gasteiger partial charge >= 0.3 is 0 Å². The highest BCUT2D eigenvalue weighted by molar-refractivity contribution is 8.13. The van der Waals surface area contributed by atoms with Crippen molar-refractivity contribution in [3.8, 4) is 22.6 Å². The van der Waals surface area contributed by atoms with Gasteiger partial charge in [-0.3, -0.25) is 25.1 Å². The number of benzene rings is 1. The molecule has 2 N–H and O–H groups in total. The molecule has 5 rings (SSSR count). The van der Waals surface area contributed by atoms with Crippen molar-refractivity contribution in [2.45, 2.75) is 4.90 Å². The van der Waals surface area contributed by atoms with Gasteiger partial charge in [-0.15, -0.1) is 0 Å². The highest BCUT2D eigenvalue weighted by Gasteiger charge is 2.17. The van der Waals surface area contributed by atoms with E-state index in [1.54, 1.807) is 36.5 Å². The maximum absolute atomic E-state index is 14.4. The van der Waals surface area contributed by atoms with Crippen LogP contribution in [0.4, 0.5) is 4.39 Å². The van der Waals surface area contributed by atoms with E-state index in [1.807, 2.05) is 18.2 Å². The van der Waals surface area contributed by atoms with E-state index in [4.69, 9.17) is 20.3 Å². The van der Waals surface area contributed by atoms with Crippen molar-refractivity contribution in [3.63, 3.8) is 0 Å². The molecule has 10 heteroatoms. The Morgan fingerprint density at radius 3 is 2.77 bits per heavy atom. The fourth-order valence-corrected chi connectivity index (χ4v) is 4.13. The molecule has 0 unspecified atom stereocenters. The number of fused-ring (bicyclic) bond motifs is 3. The molecule has 8 nitrogen and oxygen atoms in total. The van der Waals surface area contributed by atoms with Crippen molar-refractivity contribution in [2.24, 2.45) is 7.05 Å². The normalized spacial score (nSPS) is 12.8. The third-order valence-corrected chi connectivity index (χ3v) is 5.71. The number of thioether (sulfide) groups is 1. The van der Waals surface area contributed by atoms with Crippen LogP contribution in [0.25, 0.3) is 22.0 Å². The topological polar surface area (TPSA) is 102 Å². The number of aromatic nitrogens is 4. The molecule has 4 aromatic rings. The average molecular weight is 436 g/mol. The van der Waals surface area contributed by atoms with Crippen molar-refractivity contribution in [1.29, 1.82) is 10.8 Å². The number of nitrogens with one attached hydrogen (secondary N) is 2. The molecule has 0 radical (unpaired) electrons. The van der Waals surface area contributed by atoms with Crippen LogP contribution in [0.2, 0.25) is 0 Å². The fraction of sp³-hybridized carbons (Fsp3) is 0.143. The minimum absolute atomic E-state index is 0.0103. The number of aryl methyl sites for hydroxylation is 1. The summed E-state index contributed by atoms with van der Waals surface area (Å²) in [5.74, 6) is 0.503. The van der Waals surface area contributed by atoms with Gasteiger partial charge in [-0.2, -0.15) is 5.10 Å². The van der Waals surface area contributed by atoms with Crippen LogP contribution in [0.1, 0.15) is 0 Å².